The maximum absolute atomic E-state index is 6.06. The Bertz CT molecular complexity index is 516. The van der Waals surface area contributed by atoms with Gasteiger partial charge in [-0.25, -0.2) is 15.8 Å². The van der Waals surface area contributed by atoms with Gasteiger partial charge in [0, 0.05) is 17.8 Å². The number of nitrogens with one attached hydrogen (secondary N) is 1. The van der Waals surface area contributed by atoms with E-state index < -0.39 is 0 Å². The van der Waals surface area contributed by atoms with E-state index in [4.69, 9.17) is 29.0 Å². The SMILES string of the molecule is NNc1ccnc(-c2cccc(Cl)c2Cl)n1. The molecule has 0 bridgehead atoms. The Hall–Kier alpha value is -1.36. The Kier molecular flexibility index (Phi) is 3.24. The highest BCUT2D eigenvalue weighted by Crippen LogP contribution is 2.31. The number of hydrogen-bond donors (Lipinski definition) is 2. The van der Waals surface area contributed by atoms with Crippen molar-refractivity contribution in [1.82, 2.24) is 9.97 Å². The third kappa shape index (κ3) is 2.09. The number of benzene rings is 1. The maximum atomic E-state index is 6.06. The van der Waals surface area contributed by atoms with Gasteiger partial charge in [0.25, 0.3) is 0 Å². The number of aromatic nitrogens is 2. The van der Waals surface area contributed by atoms with Crippen molar-refractivity contribution in [2.75, 3.05) is 5.43 Å². The smallest absolute Gasteiger partial charge is 0.163 e. The van der Waals surface area contributed by atoms with Crippen molar-refractivity contribution >= 4 is 29.0 Å². The molecule has 0 aliphatic heterocycles. The van der Waals surface area contributed by atoms with Crippen LogP contribution < -0.4 is 11.3 Å². The van der Waals surface area contributed by atoms with Crippen molar-refractivity contribution in [1.29, 1.82) is 0 Å². The highest BCUT2D eigenvalue weighted by Gasteiger charge is 2.09. The standard InChI is InChI=1S/C10H8Cl2N4/c11-7-3-1-2-6(9(7)12)10-14-5-4-8(15-10)16-13/h1-5H,13H2,(H,14,15,16). The first-order chi connectivity index (χ1) is 7.72. The fraction of sp³-hybridized carbons (Fsp3) is 0. The minimum Gasteiger partial charge on any atom is -0.308 e. The minimum absolute atomic E-state index is 0.429. The van der Waals surface area contributed by atoms with Gasteiger partial charge in [-0.15, -0.1) is 0 Å². The zero-order valence-electron chi connectivity index (χ0n) is 8.11. The molecule has 0 unspecified atom stereocenters. The average molecular weight is 255 g/mol. The molecule has 3 N–H and O–H groups in total. The van der Waals surface area contributed by atoms with E-state index in [0.29, 0.717) is 27.3 Å². The van der Waals surface area contributed by atoms with Gasteiger partial charge in [0.1, 0.15) is 5.82 Å². The third-order valence-corrected chi connectivity index (χ3v) is 2.81. The van der Waals surface area contributed by atoms with Crippen LogP contribution in [0.1, 0.15) is 0 Å². The number of hydrogen-bond acceptors (Lipinski definition) is 4. The van der Waals surface area contributed by atoms with E-state index in [1.165, 1.54) is 0 Å². The molecule has 0 spiro atoms. The maximum Gasteiger partial charge on any atom is 0.163 e. The zero-order valence-corrected chi connectivity index (χ0v) is 9.63. The van der Waals surface area contributed by atoms with Gasteiger partial charge in [-0.3, -0.25) is 0 Å². The van der Waals surface area contributed by atoms with E-state index in [0.717, 1.165) is 0 Å². The van der Waals surface area contributed by atoms with Crippen molar-refractivity contribution in [2.45, 2.75) is 0 Å². The molecule has 1 heterocycles. The highest BCUT2D eigenvalue weighted by molar-refractivity contribution is 6.43. The summed E-state index contributed by atoms with van der Waals surface area (Å²) in [7, 11) is 0. The fourth-order valence-corrected chi connectivity index (χ4v) is 1.63. The van der Waals surface area contributed by atoms with Crippen LogP contribution in [0, 0.1) is 0 Å². The van der Waals surface area contributed by atoms with Gasteiger partial charge in [0.2, 0.25) is 0 Å². The van der Waals surface area contributed by atoms with Crippen LogP contribution in [0.4, 0.5) is 5.82 Å². The molecule has 0 atom stereocenters. The number of anilines is 1. The Labute approximate surface area is 102 Å². The van der Waals surface area contributed by atoms with Crippen LogP contribution in [0.5, 0.6) is 0 Å². The Balaban J connectivity index is 2.54. The highest BCUT2D eigenvalue weighted by atomic mass is 35.5. The molecule has 4 nitrogen and oxygen atoms in total. The van der Waals surface area contributed by atoms with E-state index in [9.17, 15) is 0 Å². The molecule has 0 fully saturated rings. The van der Waals surface area contributed by atoms with Gasteiger partial charge >= 0.3 is 0 Å². The monoisotopic (exact) mass is 254 g/mol. The summed E-state index contributed by atoms with van der Waals surface area (Å²) in [5.41, 5.74) is 3.12. The number of nitrogens with zero attached hydrogens (tertiary/aromatic N) is 2. The van der Waals surface area contributed by atoms with Gasteiger partial charge in [-0.2, -0.15) is 0 Å². The fourth-order valence-electron chi connectivity index (χ4n) is 1.25. The normalized spacial score (nSPS) is 10.2. The van der Waals surface area contributed by atoms with E-state index in [1.54, 1.807) is 30.5 Å². The topological polar surface area (TPSA) is 63.8 Å². The molecule has 2 aromatic rings. The molecule has 2 rings (SSSR count). The lowest BCUT2D eigenvalue weighted by Gasteiger charge is -2.05. The summed E-state index contributed by atoms with van der Waals surface area (Å²) in [5.74, 6) is 6.26. The molecule has 1 aromatic carbocycles. The van der Waals surface area contributed by atoms with Gasteiger partial charge < -0.3 is 5.43 Å². The lowest BCUT2D eigenvalue weighted by Crippen LogP contribution is -2.09. The molecule has 6 heteroatoms. The molecular weight excluding hydrogens is 247 g/mol. The molecule has 1 aromatic heterocycles. The molecule has 0 saturated carbocycles. The average Bonchev–Trinajstić information content (AvgIpc) is 2.33. The molecular formula is C10H8Cl2N4. The predicted octanol–water partition coefficient (Wildman–Crippen LogP) is 2.74. The summed E-state index contributed by atoms with van der Waals surface area (Å²) in [6.07, 6.45) is 1.59. The molecule has 0 aliphatic carbocycles. The van der Waals surface area contributed by atoms with Gasteiger partial charge in [0.15, 0.2) is 5.82 Å². The summed E-state index contributed by atoms with van der Waals surface area (Å²) in [6, 6.07) is 6.94. The van der Waals surface area contributed by atoms with Crippen molar-refractivity contribution in [3.05, 3.63) is 40.5 Å². The third-order valence-electron chi connectivity index (χ3n) is 2.00. The van der Waals surface area contributed by atoms with E-state index >= 15 is 0 Å². The van der Waals surface area contributed by atoms with Crippen LogP contribution in [0.15, 0.2) is 30.5 Å². The van der Waals surface area contributed by atoms with Crippen LogP contribution >= 0.6 is 23.2 Å². The second kappa shape index (κ2) is 4.65. The van der Waals surface area contributed by atoms with Crippen LogP contribution in [0.3, 0.4) is 0 Å². The summed E-state index contributed by atoms with van der Waals surface area (Å²) in [5, 5.41) is 0.896. The zero-order chi connectivity index (χ0) is 11.5. The first kappa shape index (κ1) is 11.1. The summed E-state index contributed by atoms with van der Waals surface area (Å²) in [4.78, 5) is 8.28. The first-order valence-corrected chi connectivity index (χ1v) is 5.22. The van der Waals surface area contributed by atoms with Crippen molar-refractivity contribution in [3.63, 3.8) is 0 Å². The van der Waals surface area contributed by atoms with E-state index in [2.05, 4.69) is 15.4 Å². The molecule has 82 valence electrons. The van der Waals surface area contributed by atoms with Crippen LogP contribution in [0.25, 0.3) is 11.4 Å². The summed E-state index contributed by atoms with van der Waals surface area (Å²) in [6.45, 7) is 0. The van der Waals surface area contributed by atoms with E-state index in [-0.39, 0.29) is 0 Å². The van der Waals surface area contributed by atoms with E-state index in [1.807, 2.05) is 0 Å². The number of nitrogens with two attached hydrogens (primary N) is 1. The van der Waals surface area contributed by atoms with Gasteiger partial charge in [0.05, 0.1) is 10.0 Å². The van der Waals surface area contributed by atoms with Crippen molar-refractivity contribution < 1.29 is 0 Å². The second-order valence-electron chi connectivity index (χ2n) is 3.01. The number of hydrazine groups is 1. The minimum atomic E-state index is 0.429. The summed E-state index contributed by atoms with van der Waals surface area (Å²) >= 11 is 12.0. The molecule has 0 aliphatic rings. The largest absolute Gasteiger partial charge is 0.308 e. The Morgan fingerprint density at radius 1 is 1.19 bits per heavy atom. The molecule has 0 radical (unpaired) electrons. The quantitative estimate of drug-likeness (QED) is 0.639. The Morgan fingerprint density at radius 3 is 2.75 bits per heavy atom. The number of nitrogen functional groups attached to an aromatic ring is 1. The molecule has 0 amide bonds. The Morgan fingerprint density at radius 2 is 2.00 bits per heavy atom. The lowest BCUT2D eigenvalue weighted by atomic mass is 10.2. The lowest BCUT2D eigenvalue weighted by molar-refractivity contribution is 1.15. The predicted molar refractivity (Wildman–Crippen MR) is 65.3 cm³/mol. The second-order valence-corrected chi connectivity index (χ2v) is 3.80. The van der Waals surface area contributed by atoms with Crippen molar-refractivity contribution in [3.8, 4) is 11.4 Å². The molecule has 16 heavy (non-hydrogen) atoms. The number of rotatable bonds is 2. The van der Waals surface area contributed by atoms with Crippen LogP contribution in [-0.2, 0) is 0 Å². The number of halogens is 2. The van der Waals surface area contributed by atoms with Crippen molar-refractivity contribution in [2.24, 2.45) is 5.84 Å². The van der Waals surface area contributed by atoms with Gasteiger partial charge in [-0.05, 0) is 12.1 Å². The van der Waals surface area contributed by atoms with Crippen LogP contribution in [0.2, 0.25) is 10.0 Å². The summed E-state index contributed by atoms with van der Waals surface area (Å²) < 4.78 is 0. The molecule has 0 saturated heterocycles. The van der Waals surface area contributed by atoms with Crippen LogP contribution in [-0.4, -0.2) is 9.97 Å². The van der Waals surface area contributed by atoms with Gasteiger partial charge in [-0.1, -0.05) is 29.3 Å². The first-order valence-electron chi connectivity index (χ1n) is 4.46.